The Bertz CT molecular complexity index is 1380. The molecule has 0 radical (unpaired) electrons. The summed E-state index contributed by atoms with van der Waals surface area (Å²) in [6.45, 7) is 6.13. The van der Waals surface area contributed by atoms with Gasteiger partial charge in [-0.15, -0.1) is 0 Å². The summed E-state index contributed by atoms with van der Waals surface area (Å²) in [4.78, 5) is 28.9. The number of carbonyl (C=O) groups is 2. The molecule has 2 saturated heterocycles. The fourth-order valence-electron chi connectivity index (χ4n) is 6.99. The van der Waals surface area contributed by atoms with E-state index in [4.69, 9.17) is 9.07 Å². The third-order valence-corrected chi connectivity index (χ3v) is 8.85. The molecule has 2 amide bonds. The average molecular weight is 575 g/mol. The van der Waals surface area contributed by atoms with E-state index in [9.17, 15) is 29.8 Å². The van der Waals surface area contributed by atoms with Gasteiger partial charge in [0.15, 0.2) is 0 Å². The highest BCUT2D eigenvalue weighted by atomic mass is 16.5. The van der Waals surface area contributed by atoms with Crippen molar-refractivity contribution in [2.24, 2.45) is 23.7 Å². The molecule has 0 spiro atoms. The van der Waals surface area contributed by atoms with Gasteiger partial charge in [0.25, 0.3) is 0 Å². The van der Waals surface area contributed by atoms with Gasteiger partial charge in [-0.2, -0.15) is 0 Å². The first-order valence-corrected chi connectivity index (χ1v) is 14.9. The number of rotatable bonds is 10. The van der Waals surface area contributed by atoms with Crippen LogP contribution in [-0.4, -0.2) is 52.3 Å². The first-order chi connectivity index (χ1) is 20.1. The highest BCUT2D eigenvalue weighted by Gasteiger charge is 2.57. The first-order valence-electron chi connectivity index (χ1n) is 14.9. The number of benzene rings is 1. The second kappa shape index (κ2) is 12.7. The SMILES string of the molecule is CCC/C(=C\c1ccc(CO)o1)CC[C@H]1OB(O)C[C@H]2C1=C(C(C)C)C[C@H]1C(=O)N(c3cccc(B(O)O)c3)C(=O)[C@H]12. The molecule has 1 aliphatic carbocycles. The monoisotopic (exact) mass is 575 g/mol. The Morgan fingerprint density at radius 1 is 1.14 bits per heavy atom. The minimum atomic E-state index is -1.72. The smallest absolute Gasteiger partial charge is 0.459 e. The summed E-state index contributed by atoms with van der Waals surface area (Å²) in [6.07, 6.45) is 5.40. The van der Waals surface area contributed by atoms with Crippen LogP contribution in [0.3, 0.4) is 0 Å². The summed E-state index contributed by atoms with van der Waals surface area (Å²) in [6, 6.07) is 9.80. The number of aliphatic hydroxyl groups excluding tert-OH is 1. The molecule has 4 N–H and O–H groups in total. The van der Waals surface area contributed by atoms with Gasteiger partial charge >= 0.3 is 14.2 Å². The van der Waals surface area contributed by atoms with Crippen molar-refractivity contribution in [2.45, 2.75) is 71.9 Å². The Morgan fingerprint density at radius 2 is 1.93 bits per heavy atom. The van der Waals surface area contributed by atoms with Crippen LogP contribution < -0.4 is 10.4 Å². The van der Waals surface area contributed by atoms with Crippen LogP contribution in [0, 0.1) is 23.7 Å². The number of anilines is 1. The molecule has 2 aliphatic heterocycles. The van der Waals surface area contributed by atoms with Gasteiger partial charge < -0.3 is 29.3 Å². The lowest BCUT2D eigenvalue weighted by atomic mass is 9.57. The van der Waals surface area contributed by atoms with Crippen molar-refractivity contribution in [3.05, 3.63) is 64.6 Å². The summed E-state index contributed by atoms with van der Waals surface area (Å²) < 4.78 is 11.8. The van der Waals surface area contributed by atoms with E-state index in [-0.39, 0.29) is 42.0 Å². The lowest BCUT2D eigenvalue weighted by Crippen LogP contribution is -2.46. The first kappa shape index (κ1) is 30.5. The van der Waals surface area contributed by atoms with Crippen molar-refractivity contribution >= 4 is 43.3 Å². The predicted octanol–water partition coefficient (Wildman–Crippen LogP) is 3.07. The molecular weight excluding hydrogens is 536 g/mol. The molecule has 42 heavy (non-hydrogen) atoms. The van der Waals surface area contributed by atoms with E-state index in [1.165, 1.54) is 22.6 Å². The number of aliphatic hydroxyl groups is 1. The van der Waals surface area contributed by atoms with Crippen LogP contribution in [0.1, 0.15) is 64.4 Å². The van der Waals surface area contributed by atoms with Crippen LogP contribution in [0.5, 0.6) is 0 Å². The summed E-state index contributed by atoms with van der Waals surface area (Å²) in [7, 11) is -2.78. The minimum Gasteiger partial charge on any atom is -0.459 e. The van der Waals surface area contributed by atoms with Crippen LogP contribution in [0.25, 0.3) is 6.08 Å². The predicted molar refractivity (Wildman–Crippen MR) is 160 cm³/mol. The molecule has 0 bridgehead atoms. The zero-order valence-corrected chi connectivity index (χ0v) is 24.4. The Labute approximate surface area is 247 Å². The molecule has 1 aromatic carbocycles. The number of hydrogen-bond donors (Lipinski definition) is 4. The molecule has 2 aromatic rings. The molecule has 3 heterocycles. The number of carbonyl (C=O) groups excluding carboxylic acids is 2. The van der Waals surface area contributed by atoms with Crippen LogP contribution in [0.15, 0.2) is 57.5 Å². The molecule has 11 heteroatoms. The zero-order valence-electron chi connectivity index (χ0n) is 24.4. The van der Waals surface area contributed by atoms with Crippen LogP contribution in [-0.2, 0) is 20.9 Å². The van der Waals surface area contributed by atoms with Crippen LogP contribution in [0.4, 0.5) is 5.69 Å². The Morgan fingerprint density at radius 3 is 2.60 bits per heavy atom. The largest absolute Gasteiger partial charge is 0.488 e. The molecule has 0 unspecified atom stereocenters. The molecule has 0 saturated carbocycles. The van der Waals surface area contributed by atoms with Crippen molar-refractivity contribution in [2.75, 3.05) is 4.90 Å². The lowest BCUT2D eigenvalue weighted by molar-refractivity contribution is -0.122. The fraction of sp³-hybridized carbons (Fsp3) is 0.484. The van der Waals surface area contributed by atoms with Crippen molar-refractivity contribution in [3.63, 3.8) is 0 Å². The van der Waals surface area contributed by atoms with E-state index in [1.54, 1.807) is 18.2 Å². The third-order valence-electron chi connectivity index (χ3n) is 8.85. The quantitative estimate of drug-likeness (QED) is 0.193. The maximum atomic E-state index is 14.0. The van der Waals surface area contributed by atoms with E-state index in [2.05, 4.69) is 20.8 Å². The second-order valence-corrected chi connectivity index (χ2v) is 11.9. The van der Waals surface area contributed by atoms with E-state index in [1.807, 2.05) is 12.1 Å². The molecular formula is C31H39B2NO8. The highest BCUT2D eigenvalue weighted by Crippen LogP contribution is 2.52. The molecule has 9 nitrogen and oxygen atoms in total. The number of imide groups is 1. The van der Waals surface area contributed by atoms with E-state index in [0.717, 1.165) is 24.0 Å². The fourth-order valence-corrected chi connectivity index (χ4v) is 6.99. The summed E-state index contributed by atoms with van der Waals surface area (Å²) in [5, 5.41) is 39.5. The van der Waals surface area contributed by atoms with Gasteiger partial charge in [-0.3, -0.25) is 14.5 Å². The van der Waals surface area contributed by atoms with Gasteiger partial charge in [-0.25, -0.2) is 0 Å². The lowest BCUT2D eigenvalue weighted by Gasteiger charge is -2.44. The maximum absolute atomic E-state index is 14.0. The number of furan rings is 1. The normalized spacial score (nSPS) is 24.5. The van der Waals surface area contributed by atoms with Gasteiger partial charge in [0, 0.05) is 0 Å². The van der Waals surface area contributed by atoms with Crippen LogP contribution in [0.2, 0.25) is 6.32 Å². The van der Waals surface area contributed by atoms with Crippen molar-refractivity contribution < 1.29 is 38.8 Å². The zero-order chi connectivity index (χ0) is 30.1. The molecule has 5 rings (SSSR count). The Kier molecular flexibility index (Phi) is 9.25. The topological polar surface area (TPSA) is 141 Å². The van der Waals surface area contributed by atoms with Gasteiger partial charge in [-0.1, -0.05) is 50.5 Å². The highest BCUT2D eigenvalue weighted by molar-refractivity contribution is 6.58. The third kappa shape index (κ3) is 5.94. The second-order valence-electron chi connectivity index (χ2n) is 11.9. The van der Waals surface area contributed by atoms with Crippen molar-refractivity contribution in [1.82, 2.24) is 0 Å². The molecule has 3 aliphatic rings. The molecule has 4 atom stereocenters. The van der Waals surface area contributed by atoms with Gasteiger partial charge in [0.05, 0.1) is 23.6 Å². The average Bonchev–Trinajstić information content (AvgIpc) is 3.52. The van der Waals surface area contributed by atoms with Gasteiger partial charge in [0.1, 0.15) is 18.1 Å². The van der Waals surface area contributed by atoms with E-state index < -0.39 is 32.2 Å². The molecule has 1 aromatic heterocycles. The standard InChI is InChI=1S/C31H39B2NO8/c1-4-6-19(13-22-10-11-23(17-35)41-22)9-12-27-28-24(18(2)3)15-25-29(26(28)16-32(38)42-27)31(37)34(30(25)36)21-8-5-7-20(14-21)33(39)40/h5,7-8,10-11,13-14,18,25-27,29,35,38-40H,4,6,9,12,15-17H2,1-3H3/b19-13+/t25-,26+,27-,29-/m1/s1. The molecule has 2 fully saturated rings. The Balaban J connectivity index is 1.45. The van der Waals surface area contributed by atoms with E-state index >= 15 is 0 Å². The number of hydrogen-bond acceptors (Lipinski definition) is 8. The maximum Gasteiger partial charge on any atom is 0.488 e. The minimum absolute atomic E-state index is 0.125. The Hall–Kier alpha value is -2.95. The summed E-state index contributed by atoms with van der Waals surface area (Å²) in [5.74, 6) is -0.808. The molecule has 222 valence electrons. The van der Waals surface area contributed by atoms with E-state index in [0.29, 0.717) is 36.5 Å². The number of nitrogens with zero attached hydrogens (tertiary/aromatic N) is 1. The van der Waals surface area contributed by atoms with Crippen LogP contribution >= 0.6 is 0 Å². The van der Waals surface area contributed by atoms with Gasteiger partial charge in [-0.05, 0) is 85.2 Å². The number of allylic oxidation sites excluding steroid dienone is 2. The number of fused-ring (bicyclic) bond motifs is 3. The number of amides is 2. The van der Waals surface area contributed by atoms with Gasteiger partial charge in [0.2, 0.25) is 11.8 Å². The van der Waals surface area contributed by atoms with Crippen molar-refractivity contribution in [1.29, 1.82) is 0 Å². The summed E-state index contributed by atoms with van der Waals surface area (Å²) in [5.41, 5.74) is 3.83. The van der Waals surface area contributed by atoms with Crippen molar-refractivity contribution in [3.8, 4) is 0 Å². The summed E-state index contributed by atoms with van der Waals surface area (Å²) >= 11 is 0.